The van der Waals surface area contributed by atoms with Gasteiger partial charge in [0, 0.05) is 11.1 Å². The molecule has 0 bridgehead atoms. The SMILES string of the molecule is COc1ccc(-c2n[nH]c(CNC(=O)C(=O)Nc3cnc(-c4ccccc4)nc3)n2)cc1. The summed E-state index contributed by atoms with van der Waals surface area (Å²) in [5.41, 5.74) is 1.95. The minimum Gasteiger partial charge on any atom is -0.497 e. The van der Waals surface area contributed by atoms with Crippen LogP contribution in [0.3, 0.4) is 0 Å². The van der Waals surface area contributed by atoms with Crippen LogP contribution in [0.5, 0.6) is 5.75 Å². The first-order valence-corrected chi connectivity index (χ1v) is 9.65. The number of nitrogens with one attached hydrogen (secondary N) is 3. The molecular weight excluding hydrogens is 410 g/mol. The van der Waals surface area contributed by atoms with Crippen molar-refractivity contribution in [1.82, 2.24) is 30.5 Å². The summed E-state index contributed by atoms with van der Waals surface area (Å²) in [4.78, 5) is 37.0. The number of methoxy groups -OCH3 is 1. The third-order valence-electron chi connectivity index (χ3n) is 4.44. The molecule has 160 valence electrons. The Morgan fingerprint density at radius 2 is 1.59 bits per heavy atom. The molecule has 2 heterocycles. The zero-order chi connectivity index (χ0) is 22.3. The van der Waals surface area contributed by atoms with Gasteiger partial charge in [-0.2, -0.15) is 5.10 Å². The summed E-state index contributed by atoms with van der Waals surface area (Å²) in [5.74, 6) is 0.467. The molecule has 0 saturated heterocycles. The normalized spacial score (nSPS) is 10.4. The number of amides is 2. The average Bonchev–Trinajstić information content (AvgIpc) is 3.32. The van der Waals surface area contributed by atoms with Crippen molar-refractivity contribution in [2.45, 2.75) is 6.54 Å². The van der Waals surface area contributed by atoms with Crippen molar-refractivity contribution in [3.63, 3.8) is 0 Å². The monoisotopic (exact) mass is 429 g/mol. The van der Waals surface area contributed by atoms with Crippen LogP contribution in [0.1, 0.15) is 5.82 Å². The molecule has 0 aliphatic rings. The standard InChI is InChI=1S/C22H19N7O3/c1-32-17-9-7-15(8-10-17)20-27-18(28-29-20)13-25-21(30)22(31)26-16-11-23-19(24-12-16)14-5-3-2-4-6-14/h2-12H,13H2,1H3,(H,25,30)(H,26,31)(H,27,28,29). The zero-order valence-corrected chi connectivity index (χ0v) is 17.1. The molecule has 2 aromatic heterocycles. The predicted molar refractivity (Wildman–Crippen MR) is 116 cm³/mol. The van der Waals surface area contributed by atoms with Crippen molar-refractivity contribution in [1.29, 1.82) is 0 Å². The number of H-pyrrole nitrogens is 1. The summed E-state index contributed by atoms with van der Waals surface area (Å²) < 4.78 is 5.12. The lowest BCUT2D eigenvalue weighted by molar-refractivity contribution is -0.136. The number of nitrogens with zero attached hydrogens (tertiary/aromatic N) is 4. The fourth-order valence-corrected chi connectivity index (χ4v) is 2.80. The zero-order valence-electron chi connectivity index (χ0n) is 17.1. The summed E-state index contributed by atoms with van der Waals surface area (Å²) in [5, 5.41) is 11.8. The van der Waals surface area contributed by atoms with Gasteiger partial charge in [0.1, 0.15) is 11.6 Å². The smallest absolute Gasteiger partial charge is 0.313 e. The molecule has 0 radical (unpaired) electrons. The molecule has 32 heavy (non-hydrogen) atoms. The van der Waals surface area contributed by atoms with E-state index in [4.69, 9.17) is 4.74 Å². The topological polar surface area (TPSA) is 135 Å². The van der Waals surface area contributed by atoms with Crippen LogP contribution in [0.4, 0.5) is 5.69 Å². The van der Waals surface area contributed by atoms with E-state index in [-0.39, 0.29) is 6.54 Å². The maximum Gasteiger partial charge on any atom is 0.313 e. The molecule has 0 atom stereocenters. The Bertz CT molecular complexity index is 1210. The molecule has 2 aromatic carbocycles. The van der Waals surface area contributed by atoms with Gasteiger partial charge in [-0.1, -0.05) is 30.3 Å². The van der Waals surface area contributed by atoms with E-state index in [1.54, 1.807) is 19.2 Å². The number of rotatable bonds is 6. The highest BCUT2D eigenvalue weighted by Gasteiger charge is 2.15. The van der Waals surface area contributed by atoms with E-state index >= 15 is 0 Å². The number of anilines is 1. The predicted octanol–water partition coefficient (Wildman–Crippen LogP) is 2.19. The van der Waals surface area contributed by atoms with E-state index in [0.29, 0.717) is 23.2 Å². The summed E-state index contributed by atoms with van der Waals surface area (Å²) >= 11 is 0. The average molecular weight is 429 g/mol. The third-order valence-corrected chi connectivity index (χ3v) is 4.44. The molecule has 0 saturated carbocycles. The molecule has 0 spiro atoms. The summed E-state index contributed by atoms with van der Waals surface area (Å²) in [6.07, 6.45) is 2.89. The van der Waals surface area contributed by atoms with Crippen LogP contribution >= 0.6 is 0 Å². The van der Waals surface area contributed by atoms with Crippen LogP contribution in [-0.2, 0) is 16.1 Å². The quantitative estimate of drug-likeness (QED) is 0.400. The second-order valence-electron chi connectivity index (χ2n) is 6.63. The third kappa shape index (κ3) is 4.93. The molecule has 4 rings (SSSR count). The largest absolute Gasteiger partial charge is 0.497 e. The van der Waals surface area contributed by atoms with Crippen LogP contribution in [0.15, 0.2) is 67.0 Å². The molecule has 4 aromatic rings. The van der Waals surface area contributed by atoms with E-state index in [1.165, 1.54) is 12.4 Å². The van der Waals surface area contributed by atoms with E-state index < -0.39 is 11.8 Å². The Kier molecular flexibility index (Phi) is 6.12. The van der Waals surface area contributed by atoms with Gasteiger partial charge in [-0.25, -0.2) is 15.0 Å². The lowest BCUT2D eigenvalue weighted by Gasteiger charge is -2.06. The Hall–Kier alpha value is -4.60. The first kappa shape index (κ1) is 20.7. The molecule has 2 amide bonds. The number of ether oxygens (including phenoxy) is 1. The second-order valence-corrected chi connectivity index (χ2v) is 6.63. The fourth-order valence-electron chi connectivity index (χ4n) is 2.80. The highest BCUT2D eigenvalue weighted by molar-refractivity contribution is 6.39. The van der Waals surface area contributed by atoms with Gasteiger partial charge in [0.25, 0.3) is 0 Å². The molecule has 0 aliphatic carbocycles. The summed E-state index contributed by atoms with van der Waals surface area (Å²) in [7, 11) is 1.59. The number of hydrogen-bond donors (Lipinski definition) is 3. The van der Waals surface area contributed by atoms with E-state index in [2.05, 4.69) is 35.8 Å². The second kappa shape index (κ2) is 9.47. The minimum absolute atomic E-state index is 0.0128. The fraction of sp³-hybridized carbons (Fsp3) is 0.0909. The van der Waals surface area contributed by atoms with Crippen molar-refractivity contribution in [2.75, 3.05) is 12.4 Å². The van der Waals surface area contributed by atoms with Crippen LogP contribution in [0.25, 0.3) is 22.8 Å². The van der Waals surface area contributed by atoms with Gasteiger partial charge < -0.3 is 15.4 Å². The lowest BCUT2D eigenvalue weighted by atomic mass is 10.2. The Morgan fingerprint density at radius 1 is 0.906 bits per heavy atom. The number of carbonyl (C=O) groups is 2. The Balaban J connectivity index is 1.30. The van der Waals surface area contributed by atoms with Gasteiger partial charge in [0.15, 0.2) is 11.6 Å². The molecular formula is C22H19N7O3. The molecule has 10 heteroatoms. The van der Waals surface area contributed by atoms with Crippen molar-refractivity contribution < 1.29 is 14.3 Å². The van der Waals surface area contributed by atoms with Gasteiger partial charge in [0.05, 0.1) is 31.7 Å². The maximum atomic E-state index is 12.1. The Labute approximate surface area is 183 Å². The number of aromatic amines is 1. The van der Waals surface area contributed by atoms with Gasteiger partial charge >= 0.3 is 11.8 Å². The van der Waals surface area contributed by atoms with E-state index in [1.807, 2.05) is 42.5 Å². The van der Waals surface area contributed by atoms with Crippen LogP contribution in [0, 0.1) is 0 Å². The number of carbonyl (C=O) groups excluding carboxylic acids is 2. The lowest BCUT2D eigenvalue weighted by Crippen LogP contribution is -2.35. The number of aromatic nitrogens is 5. The van der Waals surface area contributed by atoms with Crippen LogP contribution in [0.2, 0.25) is 0 Å². The summed E-state index contributed by atoms with van der Waals surface area (Å²) in [6, 6.07) is 16.7. The van der Waals surface area contributed by atoms with Crippen molar-refractivity contribution in [2.24, 2.45) is 0 Å². The van der Waals surface area contributed by atoms with Crippen molar-refractivity contribution in [3.8, 4) is 28.5 Å². The van der Waals surface area contributed by atoms with Gasteiger partial charge in [-0.05, 0) is 24.3 Å². The van der Waals surface area contributed by atoms with E-state index in [9.17, 15) is 9.59 Å². The van der Waals surface area contributed by atoms with Crippen molar-refractivity contribution >= 4 is 17.5 Å². The molecule has 0 fully saturated rings. The Morgan fingerprint density at radius 3 is 2.28 bits per heavy atom. The van der Waals surface area contributed by atoms with Gasteiger partial charge in [-0.15, -0.1) is 0 Å². The molecule has 0 aliphatic heterocycles. The maximum absolute atomic E-state index is 12.1. The van der Waals surface area contributed by atoms with Gasteiger partial charge in [-0.3, -0.25) is 14.7 Å². The number of benzene rings is 2. The van der Waals surface area contributed by atoms with Crippen LogP contribution in [-0.4, -0.2) is 44.1 Å². The molecule has 3 N–H and O–H groups in total. The molecule has 10 nitrogen and oxygen atoms in total. The van der Waals surface area contributed by atoms with E-state index in [0.717, 1.165) is 16.9 Å². The van der Waals surface area contributed by atoms with Crippen molar-refractivity contribution in [3.05, 3.63) is 72.8 Å². The number of hydrogen-bond acceptors (Lipinski definition) is 7. The minimum atomic E-state index is -0.837. The van der Waals surface area contributed by atoms with Gasteiger partial charge in [0.2, 0.25) is 0 Å². The first-order chi connectivity index (χ1) is 15.6. The summed E-state index contributed by atoms with van der Waals surface area (Å²) in [6.45, 7) is 0.0128. The molecule has 0 unspecified atom stereocenters. The highest BCUT2D eigenvalue weighted by atomic mass is 16.5. The highest BCUT2D eigenvalue weighted by Crippen LogP contribution is 2.19. The first-order valence-electron chi connectivity index (χ1n) is 9.65. The van der Waals surface area contributed by atoms with Crippen LogP contribution < -0.4 is 15.4 Å².